The summed E-state index contributed by atoms with van der Waals surface area (Å²) in [6.45, 7) is 3.53. The molecule has 1 rings (SSSR count). The van der Waals surface area contributed by atoms with Crippen LogP contribution in [0.25, 0.3) is 0 Å². The number of nitro groups is 1. The molecule has 0 aliphatic carbocycles. The normalized spacial score (nSPS) is 11.7. The Morgan fingerprint density at radius 3 is 2.28 bits per heavy atom. The molecule has 0 radical (unpaired) electrons. The summed E-state index contributed by atoms with van der Waals surface area (Å²) in [6, 6.07) is 1.14. The topological polar surface area (TPSA) is 231 Å². The Bertz CT molecular complexity index is 958. The number of carboxylic acid groups (broad SMARTS) is 2. The molecule has 0 aliphatic heterocycles. The van der Waals surface area contributed by atoms with E-state index in [2.05, 4.69) is 29.8 Å². The minimum absolute atomic E-state index is 0.0485. The number of amides is 3. The summed E-state index contributed by atoms with van der Waals surface area (Å²) >= 11 is 0.830. The van der Waals surface area contributed by atoms with Gasteiger partial charge in [0.05, 0.1) is 9.82 Å². The van der Waals surface area contributed by atoms with Crippen molar-refractivity contribution in [2.75, 3.05) is 19.3 Å². The number of thioether (sulfide) groups is 1. The Hall–Kier alpha value is -3.72. The number of hydrogen-bond acceptors (Lipinski definition) is 9. The molecule has 14 nitrogen and oxygen atoms in total. The molecule has 1 aromatic carbocycles. The number of carboxylic acids is 2. The molecular formula is C21H31N5O9S. The van der Waals surface area contributed by atoms with Crippen molar-refractivity contribution < 1.29 is 39.1 Å². The molecule has 2 unspecified atom stereocenters. The first kappa shape index (κ1) is 32.3. The minimum atomic E-state index is -1.33. The van der Waals surface area contributed by atoms with E-state index < -0.39 is 58.9 Å². The van der Waals surface area contributed by atoms with E-state index >= 15 is 0 Å². The average molecular weight is 530 g/mol. The molecule has 1 aromatic rings. The summed E-state index contributed by atoms with van der Waals surface area (Å²) in [5.41, 5.74) is 4.99. The maximum atomic E-state index is 12.3. The van der Waals surface area contributed by atoms with Gasteiger partial charge in [-0.25, -0.2) is 0 Å². The Morgan fingerprint density at radius 2 is 1.78 bits per heavy atom. The van der Waals surface area contributed by atoms with Crippen LogP contribution in [0.2, 0.25) is 0 Å². The molecule has 200 valence electrons. The zero-order chi connectivity index (χ0) is 27.8. The van der Waals surface area contributed by atoms with Gasteiger partial charge in [0.25, 0.3) is 11.6 Å². The van der Waals surface area contributed by atoms with Crippen molar-refractivity contribution in [1.82, 2.24) is 16.0 Å². The molecule has 0 heterocycles. The van der Waals surface area contributed by atoms with Gasteiger partial charge in [-0.1, -0.05) is 20.3 Å². The lowest BCUT2D eigenvalue weighted by Gasteiger charge is -2.18. The molecule has 7 N–H and O–H groups in total. The van der Waals surface area contributed by atoms with Crippen molar-refractivity contribution in [3.8, 4) is 0 Å². The van der Waals surface area contributed by atoms with E-state index in [1.165, 1.54) is 25.6 Å². The second-order valence-corrected chi connectivity index (χ2v) is 8.31. The van der Waals surface area contributed by atoms with Gasteiger partial charge in [0.15, 0.2) is 0 Å². The fourth-order valence-electron chi connectivity index (χ4n) is 2.39. The van der Waals surface area contributed by atoms with E-state index in [0.29, 0.717) is 0 Å². The van der Waals surface area contributed by atoms with Gasteiger partial charge in [0.2, 0.25) is 11.8 Å². The highest BCUT2D eigenvalue weighted by atomic mass is 32.2. The number of aliphatic carboxylic acids is 2. The van der Waals surface area contributed by atoms with E-state index in [1.807, 2.05) is 0 Å². The third-order valence-corrected chi connectivity index (χ3v) is 5.27. The molecule has 0 saturated carbocycles. The predicted molar refractivity (Wildman–Crippen MR) is 131 cm³/mol. The van der Waals surface area contributed by atoms with Gasteiger partial charge in [-0.15, -0.1) is 11.8 Å². The Morgan fingerprint density at radius 1 is 1.17 bits per heavy atom. The first-order valence-corrected chi connectivity index (χ1v) is 11.8. The summed E-state index contributed by atoms with van der Waals surface area (Å²) in [4.78, 5) is 68.5. The Kier molecular flexibility index (Phi) is 15.1. The van der Waals surface area contributed by atoms with Gasteiger partial charge < -0.3 is 31.9 Å². The lowest BCUT2D eigenvalue weighted by atomic mass is 10.1. The quantitative estimate of drug-likeness (QED) is 0.116. The van der Waals surface area contributed by atoms with Crippen LogP contribution in [0.1, 0.15) is 43.5 Å². The van der Waals surface area contributed by atoms with Crippen molar-refractivity contribution in [2.24, 2.45) is 5.73 Å². The highest BCUT2D eigenvalue weighted by molar-refractivity contribution is 7.99. The number of nitrogens with two attached hydrogens (primary N) is 1. The number of benzene rings is 1. The number of carbonyl (C=O) groups is 5. The average Bonchev–Trinajstić information content (AvgIpc) is 2.83. The second kappa shape index (κ2) is 16.8. The second-order valence-electron chi connectivity index (χ2n) is 7.25. The van der Waals surface area contributed by atoms with Gasteiger partial charge in [0.1, 0.15) is 18.6 Å². The van der Waals surface area contributed by atoms with Crippen LogP contribution in [-0.4, -0.2) is 76.2 Å². The van der Waals surface area contributed by atoms with Gasteiger partial charge in [-0.3, -0.25) is 34.1 Å². The maximum absolute atomic E-state index is 12.3. The molecule has 0 fully saturated rings. The van der Waals surface area contributed by atoms with Crippen LogP contribution in [0.4, 0.5) is 5.69 Å². The van der Waals surface area contributed by atoms with Crippen LogP contribution >= 0.6 is 11.8 Å². The van der Waals surface area contributed by atoms with Crippen molar-refractivity contribution >= 4 is 47.1 Å². The fourth-order valence-corrected chi connectivity index (χ4v) is 3.41. The first-order valence-electron chi connectivity index (χ1n) is 10.8. The number of rotatable bonds is 13. The molecule has 0 saturated heterocycles. The van der Waals surface area contributed by atoms with Crippen LogP contribution in [0.5, 0.6) is 0 Å². The molecular weight excluding hydrogens is 498 g/mol. The summed E-state index contributed by atoms with van der Waals surface area (Å²) in [5, 5.41) is 35.7. The monoisotopic (exact) mass is 529 g/mol. The standard InChI is InChI=1S/C18H23N5O9S.C3H8/c1-20-16(27)9-2-4-13(12(6-9)23(31)32)33-8-11(17(28)21-7-15(25)26)22-14(24)5-3-10(19)18(29)30;1-3-2/h2,4,6,10-11H,3,5,7-8,19H2,1H3,(H,20,27)(H,21,28)(H,22,24)(H,25,26)(H,29,30);3H2,1-2H3. The highest BCUT2D eigenvalue weighted by Crippen LogP contribution is 2.30. The SMILES string of the molecule is CCC.CNC(=O)c1ccc(SCC(NC(=O)CCC(N)C(=O)O)C(=O)NCC(=O)O)c([N+](=O)[O-])c1. The lowest BCUT2D eigenvalue weighted by molar-refractivity contribution is -0.387. The van der Waals surface area contributed by atoms with Crippen molar-refractivity contribution in [3.63, 3.8) is 0 Å². The van der Waals surface area contributed by atoms with E-state index in [1.54, 1.807) is 0 Å². The molecule has 0 aliphatic rings. The van der Waals surface area contributed by atoms with Crippen molar-refractivity contribution in [3.05, 3.63) is 33.9 Å². The van der Waals surface area contributed by atoms with Gasteiger partial charge in [-0.2, -0.15) is 0 Å². The molecule has 36 heavy (non-hydrogen) atoms. The molecule has 2 atom stereocenters. The molecule has 0 bridgehead atoms. The van der Waals surface area contributed by atoms with Crippen molar-refractivity contribution in [2.45, 2.75) is 50.1 Å². The van der Waals surface area contributed by atoms with E-state index in [-0.39, 0.29) is 29.1 Å². The summed E-state index contributed by atoms with van der Waals surface area (Å²) in [7, 11) is 1.36. The smallest absolute Gasteiger partial charge is 0.322 e. The van der Waals surface area contributed by atoms with Gasteiger partial charge >= 0.3 is 11.9 Å². The molecule has 0 spiro atoms. The van der Waals surface area contributed by atoms with Crippen LogP contribution in [0.15, 0.2) is 23.1 Å². The number of nitro benzene ring substituents is 1. The third kappa shape index (κ3) is 12.1. The van der Waals surface area contributed by atoms with Crippen molar-refractivity contribution in [1.29, 1.82) is 0 Å². The summed E-state index contributed by atoms with van der Waals surface area (Å²) in [5.74, 6) is -4.96. The largest absolute Gasteiger partial charge is 0.480 e. The third-order valence-electron chi connectivity index (χ3n) is 4.12. The summed E-state index contributed by atoms with van der Waals surface area (Å²) in [6.07, 6.45) is 0.728. The van der Waals surface area contributed by atoms with Crippen LogP contribution in [-0.2, 0) is 19.2 Å². The van der Waals surface area contributed by atoms with E-state index in [0.717, 1.165) is 17.8 Å². The molecule has 15 heteroatoms. The van der Waals surface area contributed by atoms with Crippen LogP contribution in [0.3, 0.4) is 0 Å². The summed E-state index contributed by atoms with van der Waals surface area (Å²) < 4.78 is 0. The zero-order valence-electron chi connectivity index (χ0n) is 20.1. The number of carbonyl (C=O) groups excluding carboxylic acids is 3. The lowest BCUT2D eigenvalue weighted by Crippen LogP contribution is -2.49. The van der Waals surface area contributed by atoms with Crippen LogP contribution < -0.4 is 21.7 Å². The van der Waals surface area contributed by atoms with Crippen LogP contribution in [0, 0.1) is 10.1 Å². The van der Waals surface area contributed by atoms with E-state index in [4.69, 9.17) is 15.9 Å². The fraction of sp³-hybridized carbons (Fsp3) is 0.476. The number of hydrogen-bond donors (Lipinski definition) is 6. The molecule has 0 aromatic heterocycles. The molecule has 3 amide bonds. The van der Waals surface area contributed by atoms with Gasteiger partial charge in [0, 0.05) is 30.9 Å². The Labute approximate surface area is 211 Å². The predicted octanol–water partition coefficient (Wildman–Crippen LogP) is 0.341. The number of nitrogens with one attached hydrogen (secondary N) is 3. The Balaban J connectivity index is 0.00000387. The number of nitrogens with zero attached hydrogens (tertiary/aromatic N) is 1. The maximum Gasteiger partial charge on any atom is 0.322 e. The highest BCUT2D eigenvalue weighted by Gasteiger charge is 2.25. The van der Waals surface area contributed by atoms with E-state index in [9.17, 15) is 34.1 Å². The zero-order valence-corrected chi connectivity index (χ0v) is 20.9. The first-order chi connectivity index (χ1) is 16.9. The van der Waals surface area contributed by atoms with Gasteiger partial charge in [-0.05, 0) is 18.6 Å². The minimum Gasteiger partial charge on any atom is -0.480 e.